The quantitative estimate of drug-likeness (QED) is 0.0351. The van der Waals surface area contributed by atoms with E-state index in [1.807, 2.05) is 36.4 Å². The third kappa shape index (κ3) is 9.95. The SMILES string of the molecule is COc1cc(C(C)OC(=O)CCCNCC(=O)OCC2c3ccccc3-c3ccccc32)c([N+](=O)[O-])cc1OCCCC(=O)NC(S)C(N)=O. The van der Waals surface area contributed by atoms with Gasteiger partial charge in [0.05, 0.1) is 36.8 Å². The number of benzene rings is 3. The molecule has 2 amide bonds. The number of carbonyl (C=O) groups excluding carboxylic acids is 4. The summed E-state index contributed by atoms with van der Waals surface area (Å²) in [5.74, 6) is -2.06. The van der Waals surface area contributed by atoms with Crippen LogP contribution in [-0.2, 0) is 28.7 Å². The summed E-state index contributed by atoms with van der Waals surface area (Å²) in [6.07, 6.45) is -0.406. The van der Waals surface area contributed by atoms with Gasteiger partial charge in [0.1, 0.15) is 12.7 Å². The Hall–Kier alpha value is -5.15. The summed E-state index contributed by atoms with van der Waals surface area (Å²) in [6, 6.07) is 18.7. The Bertz CT molecular complexity index is 1670. The molecular weight excluding hydrogens is 668 g/mol. The molecule has 15 heteroatoms. The van der Waals surface area contributed by atoms with E-state index in [0.717, 1.165) is 22.3 Å². The zero-order chi connectivity index (χ0) is 36.2. The Morgan fingerprint density at radius 1 is 0.960 bits per heavy atom. The molecule has 2 atom stereocenters. The molecule has 1 aliphatic rings. The van der Waals surface area contributed by atoms with Gasteiger partial charge < -0.3 is 35.3 Å². The number of amides is 2. The molecule has 0 aliphatic heterocycles. The zero-order valence-corrected chi connectivity index (χ0v) is 28.6. The number of nitro groups is 1. The maximum Gasteiger partial charge on any atom is 0.319 e. The standard InChI is InChI=1S/C35H40N4O10S/c1-21(26-17-29(46-2)30(18-28(26)39(44)45)47-16-8-13-31(40)38-35(50)34(36)43)49-32(41)14-7-15-37-19-33(42)48-20-27-24-11-5-3-9-22(24)23-10-4-6-12-25(23)27/h3-6,9-12,17-18,21,27,35,37,50H,7-8,13-16,19-20H2,1-2H3,(H2,36,43)(H,38,40). The van der Waals surface area contributed by atoms with E-state index >= 15 is 0 Å². The number of fused-ring (bicyclic) bond motifs is 3. The molecule has 3 aromatic carbocycles. The molecule has 0 heterocycles. The van der Waals surface area contributed by atoms with Crippen molar-refractivity contribution >= 4 is 42.1 Å². The van der Waals surface area contributed by atoms with Gasteiger partial charge >= 0.3 is 11.9 Å². The highest BCUT2D eigenvalue weighted by Crippen LogP contribution is 2.44. The van der Waals surface area contributed by atoms with Crippen molar-refractivity contribution < 1.29 is 43.0 Å². The molecule has 1 aliphatic carbocycles. The summed E-state index contributed by atoms with van der Waals surface area (Å²) < 4.78 is 22.0. The number of esters is 2. The summed E-state index contributed by atoms with van der Waals surface area (Å²) in [7, 11) is 1.36. The first kappa shape index (κ1) is 37.7. The summed E-state index contributed by atoms with van der Waals surface area (Å²) in [5, 5.41) is 16.1. The van der Waals surface area contributed by atoms with Gasteiger partial charge in [-0.25, -0.2) is 0 Å². The molecular formula is C35H40N4O10S. The van der Waals surface area contributed by atoms with Crippen molar-refractivity contribution in [2.45, 2.75) is 50.0 Å². The Labute approximate surface area is 294 Å². The first-order chi connectivity index (χ1) is 24.0. The fourth-order valence-electron chi connectivity index (χ4n) is 5.57. The van der Waals surface area contributed by atoms with Crippen LogP contribution in [0, 0.1) is 10.1 Å². The van der Waals surface area contributed by atoms with Gasteiger partial charge in [-0.05, 0) is 54.6 Å². The van der Waals surface area contributed by atoms with E-state index in [0.29, 0.717) is 13.0 Å². The van der Waals surface area contributed by atoms with Crippen LogP contribution in [0.4, 0.5) is 5.69 Å². The van der Waals surface area contributed by atoms with Gasteiger partial charge in [0, 0.05) is 18.8 Å². The van der Waals surface area contributed by atoms with Crippen molar-refractivity contribution in [3.8, 4) is 22.6 Å². The summed E-state index contributed by atoms with van der Waals surface area (Å²) in [4.78, 5) is 59.2. The molecule has 4 N–H and O–H groups in total. The van der Waals surface area contributed by atoms with E-state index in [4.69, 9.17) is 24.7 Å². The van der Waals surface area contributed by atoms with Gasteiger partial charge in [-0.2, -0.15) is 0 Å². The molecule has 0 spiro atoms. The highest BCUT2D eigenvalue weighted by atomic mass is 32.1. The topological polar surface area (TPSA) is 198 Å². The van der Waals surface area contributed by atoms with Gasteiger partial charge in [0.2, 0.25) is 11.8 Å². The summed E-state index contributed by atoms with van der Waals surface area (Å²) >= 11 is 3.86. The number of ether oxygens (including phenoxy) is 4. The Balaban J connectivity index is 1.20. The van der Waals surface area contributed by atoms with Crippen LogP contribution < -0.4 is 25.8 Å². The van der Waals surface area contributed by atoms with E-state index < -0.39 is 40.2 Å². The number of hydrogen-bond acceptors (Lipinski definition) is 12. The van der Waals surface area contributed by atoms with Crippen molar-refractivity contribution in [3.63, 3.8) is 0 Å². The second-order valence-electron chi connectivity index (χ2n) is 11.5. The van der Waals surface area contributed by atoms with E-state index in [1.165, 1.54) is 26.2 Å². The lowest BCUT2D eigenvalue weighted by atomic mass is 9.98. The first-order valence-corrected chi connectivity index (χ1v) is 16.5. The first-order valence-electron chi connectivity index (χ1n) is 16.0. The molecule has 4 rings (SSSR count). The van der Waals surface area contributed by atoms with Crippen molar-refractivity contribution in [3.05, 3.63) is 87.5 Å². The maximum atomic E-state index is 12.6. The molecule has 2 unspecified atom stereocenters. The number of nitrogens with one attached hydrogen (secondary N) is 2. The third-order valence-electron chi connectivity index (χ3n) is 8.01. The molecule has 0 fully saturated rings. The Morgan fingerprint density at radius 3 is 2.24 bits per heavy atom. The van der Waals surface area contributed by atoms with Gasteiger partial charge in [-0.3, -0.25) is 29.3 Å². The fourth-order valence-corrected chi connectivity index (χ4v) is 5.71. The van der Waals surface area contributed by atoms with Crippen LogP contribution in [0.2, 0.25) is 0 Å². The Morgan fingerprint density at radius 2 is 1.62 bits per heavy atom. The van der Waals surface area contributed by atoms with E-state index in [-0.39, 0.29) is 67.7 Å². The van der Waals surface area contributed by atoms with Crippen LogP contribution in [0.15, 0.2) is 60.7 Å². The minimum atomic E-state index is -1.12. The molecule has 0 radical (unpaired) electrons. The van der Waals surface area contributed by atoms with E-state index in [2.05, 4.69) is 35.4 Å². The third-order valence-corrected chi connectivity index (χ3v) is 8.39. The van der Waals surface area contributed by atoms with Crippen LogP contribution in [0.5, 0.6) is 11.5 Å². The predicted octanol–water partition coefficient (Wildman–Crippen LogP) is 3.95. The average molecular weight is 709 g/mol. The minimum Gasteiger partial charge on any atom is -0.493 e. The number of rotatable bonds is 19. The molecule has 3 aromatic rings. The summed E-state index contributed by atoms with van der Waals surface area (Å²) in [5.41, 5.74) is 9.36. The number of hydrogen-bond donors (Lipinski definition) is 4. The van der Waals surface area contributed by atoms with Gasteiger partial charge in [0.25, 0.3) is 5.69 Å². The normalized spacial score (nSPS) is 12.9. The lowest BCUT2D eigenvalue weighted by Gasteiger charge is -2.17. The number of primary amides is 1. The van der Waals surface area contributed by atoms with E-state index in [1.54, 1.807) is 0 Å². The second kappa shape index (κ2) is 18.0. The number of nitro benzene ring substituents is 1. The highest BCUT2D eigenvalue weighted by Gasteiger charge is 2.29. The second-order valence-corrected chi connectivity index (χ2v) is 12.0. The van der Waals surface area contributed by atoms with Gasteiger partial charge in [-0.1, -0.05) is 48.5 Å². The highest BCUT2D eigenvalue weighted by molar-refractivity contribution is 7.81. The van der Waals surface area contributed by atoms with Crippen molar-refractivity contribution in [1.29, 1.82) is 0 Å². The largest absolute Gasteiger partial charge is 0.493 e. The van der Waals surface area contributed by atoms with Crippen molar-refractivity contribution in [2.24, 2.45) is 5.73 Å². The Kier molecular flexibility index (Phi) is 13.6. The smallest absolute Gasteiger partial charge is 0.319 e. The van der Waals surface area contributed by atoms with Gasteiger partial charge in [-0.15, -0.1) is 12.6 Å². The van der Waals surface area contributed by atoms with Crippen molar-refractivity contribution in [1.82, 2.24) is 10.6 Å². The van der Waals surface area contributed by atoms with Crippen LogP contribution in [0.25, 0.3) is 11.1 Å². The molecule has 14 nitrogen and oxygen atoms in total. The molecule has 0 saturated carbocycles. The van der Waals surface area contributed by atoms with Gasteiger partial charge in [0.15, 0.2) is 16.9 Å². The molecule has 0 aromatic heterocycles. The molecule has 0 saturated heterocycles. The van der Waals surface area contributed by atoms with E-state index in [9.17, 15) is 29.3 Å². The minimum absolute atomic E-state index is 0.00790. The fraction of sp³-hybridized carbons (Fsp3) is 0.371. The molecule has 0 bridgehead atoms. The van der Waals surface area contributed by atoms with Crippen LogP contribution in [-0.4, -0.2) is 67.5 Å². The van der Waals surface area contributed by atoms with Crippen LogP contribution in [0.1, 0.15) is 61.3 Å². The lowest BCUT2D eigenvalue weighted by molar-refractivity contribution is -0.386. The zero-order valence-electron chi connectivity index (χ0n) is 27.7. The predicted molar refractivity (Wildman–Crippen MR) is 186 cm³/mol. The summed E-state index contributed by atoms with van der Waals surface area (Å²) in [6.45, 7) is 2.05. The number of thiol groups is 1. The molecule has 50 heavy (non-hydrogen) atoms. The average Bonchev–Trinajstić information content (AvgIpc) is 3.41. The van der Waals surface area contributed by atoms with Crippen LogP contribution in [0.3, 0.4) is 0 Å². The van der Waals surface area contributed by atoms with Crippen LogP contribution >= 0.6 is 12.6 Å². The monoisotopic (exact) mass is 708 g/mol. The number of methoxy groups -OCH3 is 1. The number of nitrogens with zero attached hydrogens (tertiary/aromatic N) is 1. The lowest BCUT2D eigenvalue weighted by Crippen LogP contribution is -2.40. The number of nitrogens with two attached hydrogens (primary N) is 1. The molecule has 266 valence electrons. The number of carbonyl (C=O) groups is 4. The van der Waals surface area contributed by atoms with Crippen molar-refractivity contribution in [2.75, 3.05) is 33.4 Å². The maximum absolute atomic E-state index is 12.6.